The van der Waals surface area contributed by atoms with Crippen molar-refractivity contribution in [2.75, 3.05) is 19.8 Å². The molecular weight excluding hydrogens is 322 g/mol. The zero-order chi connectivity index (χ0) is 17.3. The van der Waals surface area contributed by atoms with Crippen LogP contribution >= 0.6 is 0 Å². The molecule has 1 fully saturated rings. The van der Waals surface area contributed by atoms with E-state index in [1.807, 2.05) is 0 Å². The highest BCUT2D eigenvalue weighted by Gasteiger charge is 2.36. The number of carboxylic acids is 1. The summed E-state index contributed by atoms with van der Waals surface area (Å²) in [7, 11) is -3.48. The van der Waals surface area contributed by atoms with Crippen LogP contribution < -0.4 is 5.32 Å². The Hall–Kier alpha value is -1.15. The van der Waals surface area contributed by atoms with Gasteiger partial charge < -0.3 is 15.2 Å². The highest BCUT2D eigenvalue weighted by atomic mass is 32.2. The summed E-state index contributed by atoms with van der Waals surface area (Å²) >= 11 is 0. The molecule has 134 valence electrons. The number of carbonyl (C=O) groups excluding carboxylic acids is 1. The van der Waals surface area contributed by atoms with Crippen molar-refractivity contribution in [2.45, 2.75) is 62.4 Å². The Kier molecular flexibility index (Phi) is 8.54. The van der Waals surface area contributed by atoms with Gasteiger partial charge in [0.15, 0.2) is 9.84 Å². The van der Waals surface area contributed by atoms with Gasteiger partial charge in [-0.15, -0.1) is 0 Å². The van der Waals surface area contributed by atoms with E-state index < -0.39 is 32.2 Å². The van der Waals surface area contributed by atoms with Gasteiger partial charge in [-0.05, 0) is 32.6 Å². The van der Waals surface area contributed by atoms with Crippen molar-refractivity contribution in [3.05, 3.63) is 0 Å². The normalized spacial score (nSPS) is 17.6. The molecule has 1 atom stereocenters. The molecule has 0 radical (unpaired) electrons. The number of amides is 1. The first kappa shape index (κ1) is 19.9. The summed E-state index contributed by atoms with van der Waals surface area (Å²) in [5.74, 6) is -1.26. The monoisotopic (exact) mass is 349 g/mol. The Balaban J connectivity index is 2.26. The van der Waals surface area contributed by atoms with Crippen molar-refractivity contribution < 1.29 is 27.9 Å². The van der Waals surface area contributed by atoms with Crippen LogP contribution in [0.2, 0.25) is 0 Å². The Morgan fingerprint density at radius 3 is 2.39 bits per heavy atom. The van der Waals surface area contributed by atoms with Gasteiger partial charge in [0, 0.05) is 26.2 Å². The quantitative estimate of drug-likeness (QED) is 0.572. The lowest BCUT2D eigenvalue weighted by atomic mass is 10.1. The van der Waals surface area contributed by atoms with Crippen LogP contribution in [0.4, 0.5) is 0 Å². The third-order valence-electron chi connectivity index (χ3n) is 4.11. The third-order valence-corrected chi connectivity index (χ3v) is 6.71. The molecule has 0 aliphatic carbocycles. The second-order valence-corrected chi connectivity index (χ2v) is 8.44. The zero-order valence-electron chi connectivity index (χ0n) is 13.6. The summed E-state index contributed by atoms with van der Waals surface area (Å²) in [6.07, 6.45) is 4.00. The molecule has 1 rings (SSSR count). The molecule has 7 nitrogen and oxygen atoms in total. The van der Waals surface area contributed by atoms with E-state index in [0.29, 0.717) is 39.0 Å². The number of carbonyl (C=O) groups is 2. The van der Waals surface area contributed by atoms with E-state index in [0.717, 1.165) is 19.3 Å². The minimum Gasteiger partial charge on any atom is -0.481 e. The Labute approximate surface area is 137 Å². The summed E-state index contributed by atoms with van der Waals surface area (Å²) in [5.41, 5.74) is 0. The number of hydrogen-bond donors (Lipinski definition) is 2. The molecule has 8 heteroatoms. The van der Waals surface area contributed by atoms with Crippen LogP contribution in [0.5, 0.6) is 0 Å². The van der Waals surface area contributed by atoms with E-state index in [4.69, 9.17) is 9.84 Å². The van der Waals surface area contributed by atoms with Crippen molar-refractivity contribution in [1.82, 2.24) is 5.32 Å². The van der Waals surface area contributed by atoms with Gasteiger partial charge >= 0.3 is 5.97 Å². The molecule has 0 aromatic heterocycles. The first-order valence-corrected chi connectivity index (χ1v) is 9.76. The summed E-state index contributed by atoms with van der Waals surface area (Å²) in [5, 5.41) is 9.64. The molecule has 1 unspecified atom stereocenters. The smallest absolute Gasteiger partial charge is 0.303 e. The van der Waals surface area contributed by atoms with Gasteiger partial charge in [0.2, 0.25) is 5.91 Å². The van der Waals surface area contributed by atoms with Crippen molar-refractivity contribution in [3.8, 4) is 0 Å². The summed E-state index contributed by atoms with van der Waals surface area (Å²) < 4.78 is 29.9. The molecule has 2 N–H and O–H groups in total. The van der Waals surface area contributed by atoms with Crippen molar-refractivity contribution in [3.63, 3.8) is 0 Å². The van der Waals surface area contributed by atoms with Crippen molar-refractivity contribution in [1.29, 1.82) is 0 Å². The van der Waals surface area contributed by atoms with Gasteiger partial charge in [0.25, 0.3) is 0 Å². The Bertz CT molecular complexity index is 484. The minimum atomic E-state index is -3.48. The number of nitrogens with one attached hydrogen (secondary N) is 1. The molecule has 0 spiro atoms. The number of ether oxygens (including phenoxy) is 1. The van der Waals surface area contributed by atoms with Crippen molar-refractivity contribution in [2.24, 2.45) is 0 Å². The van der Waals surface area contributed by atoms with E-state index in [9.17, 15) is 18.0 Å². The van der Waals surface area contributed by atoms with Crippen LogP contribution in [0.3, 0.4) is 0 Å². The molecule has 1 amide bonds. The predicted octanol–water partition coefficient (Wildman–Crippen LogP) is 1.12. The highest BCUT2D eigenvalue weighted by molar-refractivity contribution is 7.93. The van der Waals surface area contributed by atoms with Crippen LogP contribution in [0.25, 0.3) is 0 Å². The van der Waals surface area contributed by atoms with Crippen LogP contribution in [-0.4, -0.2) is 55.7 Å². The third kappa shape index (κ3) is 6.87. The van der Waals surface area contributed by atoms with Crippen LogP contribution in [0.1, 0.15) is 51.9 Å². The number of hydrogen-bond acceptors (Lipinski definition) is 5. The van der Waals surface area contributed by atoms with Gasteiger partial charge in [-0.3, -0.25) is 9.59 Å². The van der Waals surface area contributed by atoms with Gasteiger partial charge in [-0.1, -0.05) is 12.8 Å². The summed E-state index contributed by atoms with van der Waals surface area (Å²) in [6.45, 7) is 2.70. The van der Waals surface area contributed by atoms with Gasteiger partial charge in [0.1, 0.15) is 5.25 Å². The molecule has 0 aromatic rings. The van der Waals surface area contributed by atoms with Gasteiger partial charge in [-0.25, -0.2) is 8.42 Å². The Morgan fingerprint density at radius 1 is 1.17 bits per heavy atom. The van der Waals surface area contributed by atoms with Crippen LogP contribution in [0.15, 0.2) is 0 Å². The maximum absolute atomic E-state index is 12.4. The molecule has 0 aromatic carbocycles. The first-order valence-electron chi connectivity index (χ1n) is 8.15. The minimum absolute atomic E-state index is 0.159. The van der Waals surface area contributed by atoms with E-state index in [-0.39, 0.29) is 6.42 Å². The lowest BCUT2D eigenvalue weighted by Gasteiger charge is -2.25. The van der Waals surface area contributed by atoms with E-state index in [1.165, 1.54) is 6.92 Å². The number of aliphatic carboxylic acids is 1. The fraction of sp³-hybridized carbons (Fsp3) is 0.867. The first-order chi connectivity index (χ1) is 10.9. The van der Waals surface area contributed by atoms with E-state index in [2.05, 4.69) is 5.32 Å². The average molecular weight is 349 g/mol. The summed E-state index contributed by atoms with van der Waals surface area (Å²) in [4.78, 5) is 22.4. The molecule has 1 heterocycles. The fourth-order valence-corrected chi connectivity index (χ4v) is 4.36. The molecule has 0 saturated carbocycles. The molecule has 1 aliphatic rings. The standard InChI is InChI=1S/C15H27NO6S/c1-12(23(20,21)13-7-10-22-11-8-13)15(19)16-9-5-3-2-4-6-14(17)18/h12-13H,2-11H2,1H3,(H,16,19)(H,17,18). The second-order valence-electron chi connectivity index (χ2n) is 5.89. The number of rotatable bonds is 10. The predicted molar refractivity (Wildman–Crippen MR) is 86.0 cm³/mol. The van der Waals surface area contributed by atoms with Gasteiger partial charge in [-0.2, -0.15) is 0 Å². The van der Waals surface area contributed by atoms with Crippen molar-refractivity contribution >= 4 is 21.7 Å². The second kappa shape index (κ2) is 9.87. The molecule has 23 heavy (non-hydrogen) atoms. The topological polar surface area (TPSA) is 110 Å². The Morgan fingerprint density at radius 2 is 1.78 bits per heavy atom. The maximum Gasteiger partial charge on any atom is 0.303 e. The molecule has 0 bridgehead atoms. The maximum atomic E-state index is 12.4. The van der Waals surface area contributed by atoms with Crippen LogP contribution in [-0.2, 0) is 24.2 Å². The number of sulfone groups is 1. The molecule has 1 saturated heterocycles. The lowest BCUT2D eigenvalue weighted by Crippen LogP contribution is -2.44. The van der Waals surface area contributed by atoms with Crippen LogP contribution in [0, 0.1) is 0 Å². The molecule has 1 aliphatic heterocycles. The van der Waals surface area contributed by atoms with Gasteiger partial charge in [0.05, 0.1) is 5.25 Å². The lowest BCUT2D eigenvalue weighted by molar-refractivity contribution is -0.137. The summed E-state index contributed by atoms with van der Waals surface area (Å²) in [6, 6.07) is 0. The van der Waals surface area contributed by atoms with E-state index in [1.54, 1.807) is 0 Å². The number of unbranched alkanes of at least 4 members (excludes halogenated alkanes) is 3. The fourth-order valence-electron chi connectivity index (χ4n) is 2.55. The van der Waals surface area contributed by atoms with E-state index >= 15 is 0 Å². The number of carboxylic acid groups (broad SMARTS) is 1. The SMILES string of the molecule is CC(C(=O)NCCCCCCC(=O)O)S(=O)(=O)C1CCOCC1. The zero-order valence-corrected chi connectivity index (χ0v) is 14.4. The largest absolute Gasteiger partial charge is 0.481 e. The molecular formula is C15H27NO6S. The average Bonchev–Trinajstić information content (AvgIpc) is 2.53. The highest BCUT2D eigenvalue weighted by Crippen LogP contribution is 2.20.